The summed E-state index contributed by atoms with van der Waals surface area (Å²) >= 11 is 1.53. The van der Waals surface area contributed by atoms with Gasteiger partial charge in [0.2, 0.25) is 5.95 Å². The fourth-order valence-corrected chi connectivity index (χ4v) is 2.07. The Bertz CT molecular complexity index is 385. The first-order valence-electron chi connectivity index (χ1n) is 5.45. The van der Waals surface area contributed by atoms with Gasteiger partial charge in [0, 0.05) is 18.0 Å². The van der Waals surface area contributed by atoms with Crippen LogP contribution in [0, 0.1) is 6.92 Å². The van der Waals surface area contributed by atoms with Gasteiger partial charge in [0.25, 0.3) is 0 Å². The smallest absolute Gasteiger partial charge is 0.306 e. The van der Waals surface area contributed by atoms with Crippen LogP contribution >= 0.6 is 11.8 Å². The fourth-order valence-electron chi connectivity index (χ4n) is 1.19. The van der Waals surface area contributed by atoms with Crippen LogP contribution in [0.15, 0.2) is 11.1 Å². The number of esters is 1. The molecule has 0 bridgehead atoms. The summed E-state index contributed by atoms with van der Waals surface area (Å²) in [6.45, 7) is 4.71. The molecule has 17 heavy (non-hydrogen) atoms. The molecule has 1 aromatic heterocycles. The third kappa shape index (κ3) is 5.04. The minimum Gasteiger partial charge on any atom is -0.469 e. The summed E-state index contributed by atoms with van der Waals surface area (Å²) in [5.41, 5.74) is 0.913. The zero-order valence-electron chi connectivity index (χ0n) is 10.3. The van der Waals surface area contributed by atoms with Gasteiger partial charge >= 0.3 is 5.97 Å². The van der Waals surface area contributed by atoms with Crippen LogP contribution in [0.5, 0.6) is 0 Å². The summed E-state index contributed by atoms with van der Waals surface area (Å²) in [7, 11) is 1.39. The predicted octanol–water partition coefficient (Wildman–Crippen LogP) is 1.87. The van der Waals surface area contributed by atoms with E-state index in [1.165, 1.54) is 18.9 Å². The number of methoxy groups -OCH3 is 1. The highest BCUT2D eigenvalue weighted by molar-refractivity contribution is 7.99. The van der Waals surface area contributed by atoms with Crippen molar-refractivity contribution in [3.05, 3.63) is 11.8 Å². The molecule has 1 rings (SSSR count). The molecule has 0 aromatic carbocycles. The highest BCUT2D eigenvalue weighted by Gasteiger charge is 2.04. The second-order valence-corrected chi connectivity index (χ2v) is 4.49. The van der Waals surface area contributed by atoms with Gasteiger partial charge in [-0.3, -0.25) is 4.79 Å². The van der Waals surface area contributed by atoms with E-state index in [2.05, 4.69) is 20.0 Å². The molecule has 0 aliphatic carbocycles. The molecule has 0 atom stereocenters. The topological polar surface area (TPSA) is 64.1 Å². The molecule has 1 aromatic rings. The maximum atomic E-state index is 11.0. The lowest BCUT2D eigenvalue weighted by Gasteiger charge is -2.05. The number of thioether (sulfide) groups is 1. The Kier molecular flexibility index (Phi) is 5.76. The Morgan fingerprint density at radius 1 is 1.53 bits per heavy atom. The number of aromatic nitrogens is 2. The maximum absolute atomic E-state index is 11.0. The van der Waals surface area contributed by atoms with Crippen molar-refractivity contribution < 1.29 is 9.53 Å². The van der Waals surface area contributed by atoms with Gasteiger partial charge in [0.05, 0.1) is 13.5 Å². The van der Waals surface area contributed by atoms with Crippen molar-refractivity contribution in [3.8, 4) is 0 Å². The third-order valence-electron chi connectivity index (χ3n) is 1.95. The molecule has 1 N–H and O–H groups in total. The average molecular weight is 255 g/mol. The SMILES string of the molecule is CCNc1nc(C)cc(SCCC(=O)OC)n1. The standard InChI is InChI=1S/C11H17N3O2S/c1-4-12-11-13-8(2)7-9(14-11)17-6-5-10(15)16-3/h7H,4-6H2,1-3H3,(H,12,13,14). The number of ether oxygens (including phenoxy) is 1. The Hall–Kier alpha value is -1.30. The Balaban J connectivity index is 2.55. The summed E-state index contributed by atoms with van der Waals surface area (Å²) in [5, 5.41) is 3.94. The molecule has 0 spiro atoms. The molecule has 0 aliphatic rings. The summed E-state index contributed by atoms with van der Waals surface area (Å²) in [6.07, 6.45) is 0.390. The summed E-state index contributed by atoms with van der Waals surface area (Å²) in [5.74, 6) is 1.09. The molecule has 5 nitrogen and oxygen atoms in total. The van der Waals surface area contributed by atoms with Crippen molar-refractivity contribution in [2.24, 2.45) is 0 Å². The van der Waals surface area contributed by atoms with Crippen molar-refractivity contribution >= 4 is 23.7 Å². The Morgan fingerprint density at radius 2 is 2.29 bits per heavy atom. The van der Waals surface area contributed by atoms with Crippen LogP contribution in [-0.4, -0.2) is 35.3 Å². The van der Waals surface area contributed by atoms with Crippen LogP contribution in [0.1, 0.15) is 19.0 Å². The van der Waals surface area contributed by atoms with Crippen LogP contribution < -0.4 is 5.32 Å². The first-order valence-corrected chi connectivity index (χ1v) is 6.43. The molecule has 1 heterocycles. The summed E-state index contributed by atoms with van der Waals surface area (Å²) in [6, 6.07) is 1.91. The molecule has 0 radical (unpaired) electrons. The number of hydrogen-bond donors (Lipinski definition) is 1. The van der Waals surface area contributed by atoms with Gasteiger partial charge in [-0.05, 0) is 19.9 Å². The average Bonchev–Trinajstić information content (AvgIpc) is 2.28. The van der Waals surface area contributed by atoms with Crippen molar-refractivity contribution in [2.45, 2.75) is 25.3 Å². The van der Waals surface area contributed by atoms with Gasteiger partial charge < -0.3 is 10.1 Å². The van der Waals surface area contributed by atoms with Crippen molar-refractivity contribution in [2.75, 3.05) is 24.7 Å². The fraction of sp³-hybridized carbons (Fsp3) is 0.545. The number of nitrogens with one attached hydrogen (secondary N) is 1. The lowest BCUT2D eigenvalue weighted by atomic mass is 10.5. The minimum absolute atomic E-state index is 0.199. The zero-order valence-corrected chi connectivity index (χ0v) is 11.1. The molecular formula is C11H17N3O2S. The highest BCUT2D eigenvalue weighted by atomic mass is 32.2. The second-order valence-electron chi connectivity index (χ2n) is 3.38. The summed E-state index contributed by atoms with van der Waals surface area (Å²) < 4.78 is 4.58. The molecular weight excluding hydrogens is 238 g/mol. The minimum atomic E-state index is -0.199. The number of carbonyl (C=O) groups excluding carboxylic acids is 1. The van der Waals surface area contributed by atoms with Crippen LogP contribution in [0.2, 0.25) is 0 Å². The van der Waals surface area contributed by atoms with E-state index in [0.717, 1.165) is 17.3 Å². The number of hydrogen-bond acceptors (Lipinski definition) is 6. The van der Waals surface area contributed by atoms with Gasteiger partial charge in [-0.25, -0.2) is 9.97 Å². The first kappa shape index (κ1) is 13.8. The van der Waals surface area contributed by atoms with Crippen molar-refractivity contribution in [1.82, 2.24) is 9.97 Å². The monoisotopic (exact) mass is 255 g/mol. The van der Waals surface area contributed by atoms with E-state index in [9.17, 15) is 4.79 Å². The molecule has 0 amide bonds. The van der Waals surface area contributed by atoms with Gasteiger partial charge in [-0.1, -0.05) is 0 Å². The largest absolute Gasteiger partial charge is 0.469 e. The first-order chi connectivity index (χ1) is 8.15. The van der Waals surface area contributed by atoms with Gasteiger partial charge in [-0.2, -0.15) is 0 Å². The molecule has 0 aliphatic heterocycles. The van der Waals surface area contributed by atoms with E-state index in [1.54, 1.807) is 0 Å². The predicted molar refractivity (Wildman–Crippen MR) is 68.3 cm³/mol. The number of aryl methyl sites for hydroxylation is 1. The normalized spacial score (nSPS) is 10.1. The molecule has 6 heteroatoms. The van der Waals surface area contributed by atoms with E-state index < -0.39 is 0 Å². The van der Waals surface area contributed by atoms with Crippen LogP contribution in [0.3, 0.4) is 0 Å². The van der Waals surface area contributed by atoms with Crippen LogP contribution in [-0.2, 0) is 9.53 Å². The van der Waals surface area contributed by atoms with Crippen LogP contribution in [0.25, 0.3) is 0 Å². The Morgan fingerprint density at radius 3 is 2.94 bits per heavy atom. The molecule has 0 unspecified atom stereocenters. The molecule has 94 valence electrons. The van der Waals surface area contributed by atoms with Crippen molar-refractivity contribution in [1.29, 1.82) is 0 Å². The Labute approximate surface area is 105 Å². The van der Waals surface area contributed by atoms with Gasteiger partial charge in [-0.15, -0.1) is 11.8 Å². The van der Waals surface area contributed by atoms with E-state index in [4.69, 9.17) is 0 Å². The number of rotatable bonds is 6. The number of carbonyl (C=O) groups is 1. The maximum Gasteiger partial charge on any atom is 0.306 e. The van der Waals surface area contributed by atoms with Gasteiger partial charge in [0.1, 0.15) is 5.03 Å². The zero-order chi connectivity index (χ0) is 12.7. The van der Waals surface area contributed by atoms with E-state index in [-0.39, 0.29) is 5.97 Å². The highest BCUT2D eigenvalue weighted by Crippen LogP contribution is 2.18. The van der Waals surface area contributed by atoms with Crippen molar-refractivity contribution in [3.63, 3.8) is 0 Å². The molecule has 0 saturated heterocycles. The number of anilines is 1. The van der Waals surface area contributed by atoms with Gasteiger partial charge in [0.15, 0.2) is 0 Å². The lowest BCUT2D eigenvalue weighted by Crippen LogP contribution is -2.04. The quantitative estimate of drug-likeness (QED) is 0.475. The summed E-state index contributed by atoms with van der Waals surface area (Å²) in [4.78, 5) is 19.5. The van der Waals surface area contributed by atoms with Crippen LogP contribution in [0.4, 0.5) is 5.95 Å². The van der Waals surface area contributed by atoms with E-state index >= 15 is 0 Å². The third-order valence-corrected chi connectivity index (χ3v) is 2.86. The molecule has 0 fully saturated rings. The lowest BCUT2D eigenvalue weighted by molar-refractivity contribution is -0.140. The van der Waals surface area contributed by atoms with E-state index in [1.807, 2.05) is 19.9 Å². The molecule has 0 saturated carbocycles. The van der Waals surface area contributed by atoms with E-state index in [0.29, 0.717) is 18.1 Å². The second kappa shape index (κ2) is 7.11. The number of nitrogens with zero attached hydrogens (tertiary/aromatic N) is 2.